The highest BCUT2D eigenvalue weighted by molar-refractivity contribution is 5.44. The van der Waals surface area contributed by atoms with Crippen molar-refractivity contribution in [3.63, 3.8) is 0 Å². The first kappa shape index (κ1) is 27.9. The predicted molar refractivity (Wildman–Crippen MR) is 128 cm³/mol. The lowest BCUT2D eigenvalue weighted by Gasteiger charge is -2.03. The maximum atomic E-state index is 9.87. The highest BCUT2D eigenvalue weighted by atomic mass is 16.1. The van der Waals surface area contributed by atoms with Crippen LogP contribution in [0.1, 0.15) is 110 Å². The summed E-state index contributed by atoms with van der Waals surface area (Å²) in [7, 11) is 0. The molecule has 0 saturated carbocycles. The zero-order valence-corrected chi connectivity index (χ0v) is 19.1. The number of hydrogen-bond donors (Lipinski definition) is 3. The topological polar surface area (TPSA) is 133 Å². The van der Waals surface area contributed by atoms with Crippen molar-refractivity contribution in [1.82, 2.24) is 9.97 Å². The lowest BCUT2D eigenvalue weighted by Crippen LogP contribution is -2.01. The molecule has 7 heteroatoms. The molecule has 0 saturated heterocycles. The van der Waals surface area contributed by atoms with Crippen LogP contribution in [0.3, 0.4) is 0 Å². The van der Waals surface area contributed by atoms with E-state index in [-0.39, 0.29) is 5.95 Å². The molecule has 0 spiro atoms. The molecule has 1 rings (SSSR count). The Hall–Kier alpha value is -2.14. The van der Waals surface area contributed by atoms with Crippen LogP contribution >= 0.6 is 0 Å². The van der Waals surface area contributed by atoms with E-state index in [1.165, 1.54) is 102 Å². The number of hydrogen-bond acceptors (Lipinski definition) is 7. The Bertz CT molecular complexity index is 510. The summed E-state index contributed by atoms with van der Waals surface area (Å²) in [6.45, 7) is 2.95. The summed E-state index contributed by atoms with van der Waals surface area (Å²) in [6.07, 6.45) is 23.6. The zero-order chi connectivity index (χ0) is 22.3. The SMILES string of the molecule is CCCCCCCCCCCCCCCCCCN=C=O.Nc1cc(N)nc(N)n1. The summed E-state index contributed by atoms with van der Waals surface area (Å²) >= 11 is 0. The molecule has 0 fully saturated rings. The molecule has 7 nitrogen and oxygen atoms in total. The first-order valence-corrected chi connectivity index (χ1v) is 11.8. The smallest absolute Gasteiger partial charge is 0.234 e. The predicted octanol–water partition coefficient (Wildman–Crippen LogP) is 5.81. The monoisotopic (exact) mass is 420 g/mol. The molecule has 0 aliphatic heterocycles. The Morgan fingerprint density at radius 2 is 1.07 bits per heavy atom. The van der Waals surface area contributed by atoms with Crippen LogP contribution in [0.25, 0.3) is 0 Å². The molecule has 1 aromatic rings. The fraction of sp³-hybridized carbons (Fsp3) is 0.783. The summed E-state index contributed by atoms with van der Waals surface area (Å²) in [6, 6.07) is 1.44. The molecule has 0 unspecified atom stereocenters. The van der Waals surface area contributed by atoms with Gasteiger partial charge in [0.2, 0.25) is 12.0 Å². The van der Waals surface area contributed by atoms with E-state index in [2.05, 4.69) is 21.9 Å². The molecule has 30 heavy (non-hydrogen) atoms. The minimum atomic E-state index is 0.104. The van der Waals surface area contributed by atoms with E-state index in [1.54, 1.807) is 6.08 Å². The number of aliphatic imine (C=N–C) groups is 1. The number of carbonyl (C=O) groups excluding carboxylic acids is 1. The summed E-state index contributed by atoms with van der Waals surface area (Å²) in [5.41, 5.74) is 15.7. The van der Waals surface area contributed by atoms with Gasteiger partial charge in [-0.15, -0.1) is 0 Å². The van der Waals surface area contributed by atoms with E-state index in [4.69, 9.17) is 17.2 Å². The third kappa shape index (κ3) is 20.6. The number of isocyanates is 1. The van der Waals surface area contributed by atoms with Gasteiger partial charge in [-0.05, 0) is 6.42 Å². The lowest BCUT2D eigenvalue weighted by atomic mass is 10.0. The number of anilines is 3. The summed E-state index contributed by atoms with van der Waals surface area (Å²) in [4.78, 5) is 20.6. The van der Waals surface area contributed by atoms with Crippen molar-refractivity contribution < 1.29 is 4.79 Å². The van der Waals surface area contributed by atoms with Gasteiger partial charge in [0.05, 0.1) is 6.54 Å². The van der Waals surface area contributed by atoms with Crippen molar-refractivity contribution in [2.75, 3.05) is 23.7 Å². The van der Waals surface area contributed by atoms with Gasteiger partial charge in [0.15, 0.2) is 0 Å². The number of nitrogen functional groups attached to an aromatic ring is 3. The minimum Gasteiger partial charge on any atom is -0.383 e. The van der Waals surface area contributed by atoms with E-state index < -0.39 is 0 Å². The van der Waals surface area contributed by atoms with E-state index in [0.29, 0.717) is 18.2 Å². The van der Waals surface area contributed by atoms with Crippen LogP contribution in [0.5, 0.6) is 0 Å². The summed E-state index contributed by atoms with van der Waals surface area (Å²) < 4.78 is 0. The Balaban J connectivity index is 0.000000769. The van der Waals surface area contributed by atoms with Crippen LogP contribution in [-0.4, -0.2) is 22.6 Å². The quantitative estimate of drug-likeness (QED) is 0.165. The van der Waals surface area contributed by atoms with Crippen LogP contribution in [-0.2, 0) is 4.79 Å². The second kappa shape index (κ2) is 21.6. The molecule has 172 valence electrons. The van der Waals surface area contributed by atoms with E-state index in [9.17, 15) is 4.79 Å². The number of nitrogens with zero attached hydrogens (tertiary/aromatic N) is 3. The molecule has 0 bridgehead atoms. The zero-order valence-electron chi connectivity index (χ0n) is 19.1. The van der Waals surface area contributed by atoms with E-state index >= 15 is 0 Å². The number of rotatable bonds is 17. The van der Waals surface area contributed by atoms with Crippen molar-refractivity contribution in [2.24, 2.45) is 4.99 Å². The number of unbranched alkanes of at least 4 members (excludes halogenated alkanes) is 15. The molecule has 0 aromatic carbocycles. The normalized spacial score (nSPS) is 10.2. The van der Waals surface area contributed by atoms with Gasteiger partial charge in [-0.25, -0.2) is 9.79 Å². The maximum absolute atomic E-state index is 9.87. The van der Waals surface area contributed by atoms with Crippen molar-refractivity contribution in [1.29, 1.82) is 0 Å². The van der Waals surface area contributed by atoms with Gasteiger partial charge in [0.25, 0.3) is 0 Å². The standard InChI is InChI=1S/C19H37NO.C4H7N5/c1-2-3-4-5-6-7-8-9-10-11-12-13-14-15-16-17-18-20-19-21;5-2-1-3(6)9-4(7)8-2/h2-18H2,1H3;1H,(H6,5,6,7,8,9). The molecule has 0 radical (unpaired) electrons. The lowest BCUT2D eigenvalue weighted by molar-refractivity contribution is 0.529. The van der Waals surface area contributed by atoms with Gasteiger partial charge in [-0.3, -0.25) is 0 Å². The highest BCUT2D eigenvalue weighted by Crippen LogP contribution is 2.13. The Morgan fingerprint density at radius 3 is 1.40 bits per heavy atom. The van der Waals surface area contributed by atoms with Crippen LogP contribution in [0.4, 0.5) is 17.6 Å². The van der Waals surface area contributed by atoms with Crippen molar-refractivity contribution >= 4 is 23.7 Å². The highest BCUT2D eigenvalue weighted by Gasteiger charge is 1.94. The second-order valence-electron chi connectivity index (χ2n) is 7.85. The second-order valence-corrected chi connectivity index (χ2v) is 7.85. The fourth-order valence-corrected chi connectivity index (χ4v) is 3.29. The van der Waals surface area contributed by atoms with Crippen LogP contribution in [0, 0.1) is 0 Å². The van der Waals surface area contributed by atoms with Crippen LogP contribution < -0.4 is 17.2 Å². The number of nitrogens with two attached hydrogens (primary N) is 3. The van der Waals surface area contributed by atoms with Gasteiger partial charge < -0.3 is 17.2 Å². The Labute approximate surface area is 183 Å². The van der Waals surface area contributed by atoms with Crippen LogP contribution in [0.2, 0.25) is 0 Å². The van der Waals surface area contributed by atoms with E-state index in [1.807, 2.05) is 0 Å². The average Bonchev–Trinajstić information content (AvgIpc) is 2.70. The average molecular weight is 421 g/mol. The Kier molecular flexibility index (Phi) is 20.0. The van der Waals surface area contributed by atoms with Gasteiger partial charge in [0, 0.05) is 6.07 Å². The van der Waals surface area contributed by atoms with Gasteiger partial charge in [-0.2, -0.15) is 9.97 Å². The van der Waals surface area contributed by atoms with Crippen LogP contribution in [0.15, 0.2) is 11.1 Å². The molecule has 1 aromatic heterocycles. The third-order valence-electron chi connectivity index (χ3n) is 4.97. The molecular weight excluding hydrogens is 376 g/mol. The molecule has 0 aliphatic carbocycles. The molecule has 1 heterocycles. The van der Waals surface area contributed by atoms with Gasteiger partial charge >= 0.3 is 0 Å². The van der Waals surface area contributed by atoms with Gasteiger partial charge in [-0.1, -0.05) is 103 Å². The van der Waals surface area contributed by atoms with E-state index in [0.717, 1.165) is 6.42 Å². The summed E-state index contributed by atoms with van der Waals surface area (Å²) in [5, 5.41) is 0. The van der Waals surface area contributed by atoms with Crippen molar-refractivity contribution in [2.45, 2.75) is 110 Å². The first-order chi connectivity index (χ1) is 14.6. The van der Waals surface area contributed by atoms with Gasteiger partial charge in [0.1, 0.15) is 11.6 Å². The fourth-order valence-electron chi connectivity index (χ4n) is 3.29. The van der Waals surface area contributed by atoms with Crippen molar-refractivity contribution in [3.8, 4) is 0 Å². The third-order valence-corrected chi connectivity index (χ3v) is 4.97. The first-order valence-electron chi connectivity index (χ1n) is 11.8. The Morgan fingerprint density at radius 1 is 0.700 bits per heavy atom. The van der Waals surface area contributed by atoms with Crippen molar-refractivity contribution in [3.05, 3.63) is 6.07 Å². The largest absolute Gasteiger partial charge is 0.383 e. The molecular formula is C23H44N6O. The molecule has 0 aliphatic rings. The minimum absolute atomic E-state index is 0.104. The molecule has 0 amide bonds. The molecule has 0 atom stereocenters. The maximum Gasteiger partial charge on any atom is 0.234 e. The number of aromatic nitrogens is 2. The molecule has 6 N–H and O–H groups in total. The summed E-state index contributed by atoms with van der Waals surface area (Å²) in [5.74, 6) is 0.688.